The summed E-state index contributed by atoms with van der Waals surface area (Å²) in [6.45, 7) is 3.78. The molecule has 16 heavy (non-hydrogen) atoms. The van der Waals surface area contributed by atoms with Gasteiger partial charge in [-0.15, -0.1) is 0 Å². The van der Waals surface area contributed by atoms with Crippen LogP contribution in [0.15, 0.2) is 6.08 Å². The highest BCUT2D eigenvalue weighted by Gasteiger charge is 2.06. The molecule has 0 N–H and O–H groups in total. The predicted octanol–water partition coefficient (Wildman–Crippen LogP) is 2.67. The van der Waals surface area contributed by atoms with E-state index in [4.69, 9.17) is 27.9 Å². The molecule has 4 nitrogen and oxygen atoms in total. The third-order valence-electron chi connectivity index (χ3n) is 1.74. The van der Waals surface area contributed by atoms with Crippen LogP contribution in [0, 0.1) is 6.92 Å². The maximum Gasteiger partial charge on any atom is 0.330 e. The molecule has 0 aromatic carbocycles. The molecular weight excluding hydrogens is 251 g/mol. The Hall–Kier alpha value is -1.13. The number of halogens is 2. The molecule has 0 saturated carbocycles. The molecule has 0 fully saturated rings. The van der Waals surface area contributed by atoms with Crippen molar-refractivity contribution in [1.82, 2.24) is 9.97 Å². The minimum atomic E-state index is -0.437. The number of carbonyl (C=O) groups is 1. The van der Waals surface area contributed by atoms with Gasteiger partial charge in [0, 0.05) is 11.6 Å². The topological polar surface area (TPSA) is 52.1 Å². The molecule has 0 aliphatic heterocycles. The van der Waals surface area contributed by atoms with E-state index in [0.717, 1.165) is 0 Å². The van der Waals surface area contributed by atoms with Gasteiger partial charge in [0.25, 0.3) is 0 Å². The summed E-state index contributed by atoms with van der Waals surface area (Å²) in [5, 5.41) is 0.286. The van der Waals surface area contributed by atoms with Crippen LogP contribution in [0.3, 0.4) is 0 Å². The van der Waals surface area contributed by atoms with Crippen LogP contribution in [-0.4, -0.2) is 22.5 Å². The van der Waals surface area contributed by atoms with Crippen LogP contribution in [0.2, 0.25) is 10.4 Å². The average Bonchev–Trinajstić information content (AvgIpc) is 2.16. The summed E-state index contributed by atoms with van der Waals surface area (Å²) < 4.78 is 4.73. The first-order valence-electron chi connectivity index (χ1n) is 4.59. The second-order valence-corrected chi connectivity index (χ2v) is 3.56. The van der Waals surface area contributed by atoms with Gasteiger partial charge in [-0.1, -0.05) is 11.6 Å². The third kappa shape index (κ3) is 3.47. The van der Waals surface area contributed by atoms with Crippen LogP contribution >= 0.6 is 23.2 Å². The van der Waals surface area contributed by atoms with Crippen LogP contribution in [0.25, 0.3) is 6.08 Å². The average molecular weight is 261 g/mol. The lowest BCUT2D eigenvalue weighted by Crippen LogP contribution is -1.99. The van der Waals surface area contributed by atoms with Gasteiger partial charge < -0.3 is 4.74 Å². The van der Waals surface area contributed by atoms with Crippen molar-refractivity contribution in [2.45, 2.75) is 13.8 Å². The van der Waals surface area contributed by atoms with Crippen molar-refractivity contribution in [2.75, 3.05) is 6.61 Å². The van der Waals surface area contributed by atoms with Gasteiger partial charge in [-0.2, -0.15) is 0 Å². The molecule has 86 valence electrons. The molecule has 0 bridgehead atoms. The minimum absolute atomic E-state index is 0.0794. The normalized spacial score (nSPS) is 10.8. The van der Waals surface area contributed by atoms with Gasteiger partial charge in [-0.25, -0.2) is 14.8 Å². The number of aryl methyl sites for hydroxylation is 1. The molecule has 0 spiro atoms. The molecule has 1 rings (SSSR count). The van der Waals surface area contributed by atoms with Gasteiger partial charge in [-0.3, -0.25) is 0 Å². The number of hydrogen-bond donors (Lipinski definition) is 0. The summed E-state index contributed by atoms with van der Waals surface area (Å²) in [5.41, 5.74) is 1.16. The number of carbonyl (C=O) groups excluding carboxylic acids is 1. The Morgan fingerprint density at radius 1 is 1.44 bits per heavy atom. The monoisotopic (exact) mass is 260 g/mol. The quantitative estimate of drug-likeness (QED) is 0.363. The lowest BCUT2D eigenvalue weighted by Gasteiger charge is -2.02. The van der Waals surface area contributed by atoms with Crippen molar-refractivity contribution in [3.8, 4) is 0 Å². The van der Waals surface area contributed by atoms with Crippen molar-refractivity contribution in [1.29, 1.82) is 0 Å². The van der Waals surface area contributed by atoms with Gasteiger partial charge in [0.15, 0.2) is 0 Å². The van der Waals surface area contributed by atoms with Crippen molar-refractivity contribution < 1.29 is 9.53 Å². The zero-order chi connectivity index (χ0) is 12.1. The molecule has 6 heteroatoms. The van der Waals surface area contributed by atoms with E-state index in [0.29, 0.717) is 17.9 Å². The lowest BCUT2D eigenvalue weighted by atomic mass is 10.2. The van der Waals surface area contributed by atoms with Gasteiger partial charge in [-0.05, 0) is 31.5 Å². The maximum absolute atomic E-state index is 11.1. The third-order valence-corrected chi connectivity index (χ3v) is 2.19. The number of hydrogen-bond acceptors (Lipinski definition) is 4. The zero-order valence-corrected chi connectivity index (χ0v) is 10.3. The number of rotatable bonds is 3. The van der Waals surface area contributed by atoms with Crippen molar-refractivity contribution >= 4 is 35.2 Å². The summed E-state index contributed by atoms with van der Waals surface area (Å²) in [6.07, 6.45) is 2.78. The SMILES string of the molecule is CCOC(=O)C=Cc1c(C)nc(Cl)nc1Cl. The number of ether oxygens (including phenoxy) is 1. The Morgan fingerprint density at radius 3 is 2.69 bits per heavy atom. The molecule has 0 aliphatic carbocycles. The Balaban J connectivity index is 2.93. The van der Waals surface area contributed by atoms with Crippen LogP contribution in [0.1, 0.15) is 18.2 Å². The Bertz CT molecular complexity index is 410. The van der Waals surface area contributed by atoms with E-state index in [9.17, 15) is 4.79 Å². The minimum Gasteiger partial charge on any atom is -0.463 e. The van der Waals surface area contributed by atoms with Crippen LogP contribution in [-0.2, 0) is 9.53 Å². The summed E-state index contributed by atoms with van der Waals surface area (Å²) in [6, 6.07) is 0. The number of aromatic nitrogens is 2. The Kier molecular flexibility index (Phi) is 4.71. The first-order chi connectivity index (χ1) is 7.54. The Morgan fingerprint density at radius 2 is 2.12 bits per heavy atom. The number of nitrogens with zero attached hydrogens (tertiary/aromatic N) is 2. The smallest absolute Gasteiger partial charge is 0.330 e. The fourth-order valence-electron chi connectivity index (χ4n) is 1.05. The van der Waals surface area contributed by atoms with Gasteiger partial charge in [0.2, 0.25) is 5.28 Å². The molecule has 1 heterocycles. The summed E-state index contributed by atoms with van der Waals surface area (Å²) in [7, 11) is 0. The van der Waals surface area contributed by atoms with Crippen molar-refractivity contribution in [3.05, 3.63) is 27.8 Å². The second kappa shape index (κ2) is 5.82. The van der Waals surface area contributed by atoms with E-state index in [2.05, 4.69) is 9.97 Å². The second-order valence-electron chi connectivity index (χ2n) is 2.87. The molecule has 0 amide bonds. The van der Waals surface area contributed by atoms with E-state index in [1.165, 1.54) is 12.2 Å². The fraction of sp³-hybridized carbons (Fsp3) is 0.300. The molecule has 0 radical (unpaired) electrons. The first kappa shape index (κ1) is 12.9. The molecule has 1 aromatic heterocycles. The largest absolute Gasteiger partial charge is 0.463 e. The standard InChI is InChI=1S/C10H10Cl2N2O2/c1-3-16-8(15)5-4-7-6(2)13-10(12)14-9(7)11/h4-5H,3H2,1-2H3. The number of esters is 1. The molecular formula is C10H10Cl2N2O2. The summed E-state index contributed by atoms with van der Waals surface area (Å²) in [4.78, 5) is 18.8. The van der Waals surface area contributed by atoms with Crippen LogP contribution in [0.4, 0.5) is 0 Å². The summed E-state index contributed by atoms with van der Waals surface area (Å²) in [5.74, 6) is -0.437. The highest BCUT2D eigenvalue weighted by Crippen LogP contribution is 2.19. The van der Waals surface area contributed by atoms with Crippen LogP contribution in [0.5, 0.6) is 0 Å². The zero-order valence-electron chi connectivity index (χ0n) is 8.83. The first-order valence-corrected chi connectivity index (χ1v) is 5.34. The van der Waals surface area contributed by atoms with E-state index >= 15 is 0 Å². The van der Waals surface area contributed by atoms with E-state index < -0.39 is 5.97 Å². The van der Waals surface area contributed by atoms with Crippen molar-refractivity contribution in [3.63, 3.8) is 0 Å². The molecule has 0 unspecified atom stereocenters. The highest BCUT2D eigenvalue weighted by atomic mass is 35.5. The van der Waals surface area contributed by atoms with Gasteiger partial charge >= 0.3 is 5.97 Å². The highest BCUT2D eigenvalue weighted by molar-refractivity contribution is 6.32. The molecule has 0 aliphatic rings. The fourth-order valence-corrected chi connectivity index (χ4v) is 1.58. The van der Waals surface area contributed by atoms with Crippen molar-refractivity contribution in [2.24, 2.45) is 0 Å². The van der Waals surface area contributed by atoms with Gasteiger partial charge in [0.1, 0.15) is 5.15 Å². The lowest BCUT2D eigenvalue weighted by molar-refractivity contribution is -0.137. The van der Waals surface area contributed by atoms with E-state index in [-0.39, 0.29) is 10.4 Å². The van der Waals surface area contributed by atoms with Crippen LogP contribution < -0.4 is 0 Å². The maximum atomic E-state index is 11.1. The summed E-state index contributed by atoms with van der Waals surface area (Å²) >= 11 is 11.5. The predicted molar refractivity (Wildman–Crippen MR) is 62.5 cm³/mol. The van der Waals surface area contributed by atoms with Gasteiger partial charge in [0.05, 0.1) is 12.3 Å². The molecule has 0 saturated heterocycles. The molecule has 0 atom stereocenters. The Labute approximate surface area is 103 Å². The molecule has 1 aromatic rings. The van der Waals surface area contributed by atoms with E-state index in [1.54, 1.807) is 13.8 Å². The van der Waals surface area contributed by atoms with E-state index in [1.807, 2.05) is 0 Å².